The quantitative estimate of drug-likeness (QED) is 0.232. The van der Waals surface area contributed by atoms with Crippen LogP contribution < -0.4 is 9.80 Å². The molecule has 180 valence electrons. The van der Waals surface area contributed by atoms with Crippen LogP contribution in [0, 0.1) is 6.92 Å². The van der Waals surface area contributed by atoms with Gasteiger partial charge in [0.25, 0.3) is 11.7 Å². The van der Waals surface area contributed by atoms with E-state index in [-0.39, 0.29) is 17.1 Å². The molecule has 1 amide bonds. The van der Waals surface area contributed by atoms with Crippen molar-refractivity contribution in [2.45, 2.75) is 26.8 Å². The first-order chi connectivity index (χ1) is 16.8. The number of hydrogen-bond acceptors (Lipinski definition) is 5. The van der Waals surface area contributed by atoms with Gasteiger partial charge in [-0.15, -0.1) is 0 Å². The molecule has 4 rings (SSSR count). The molecule has 1 aliphatic heterocycles. The van der Waals surface area contributed by atoms with Crippen LogP contribution in [0.15, 0.2) is 76.8 Å². The molecule has 7 heteroatoms. The van der Waals surface area contributed by atoms with Gasteiger partial charge in [-0.25, -0.2) is 0 Å². The highest BCUT2D eigenvalue weighted by Crippen LogP contribution is 2.43. The maximum absolute atomic E-state index is 13.3. The highest BCUT2D eigenvalue weighted by molar-refractivity contribution is 9.10. The van der Waals surface area contributed by atoms with Gasteiger partial charge in [0.15, 0.2) is 0 Å². The molecule has 3 aromatic carbocycles. The Labute approximate surface area is 213 Å². The Bertz CT molecular complexity index is 1300. The number of aliphatic hydroxyl groups is 1. The lowest BCUT2D eigenvalue weighted by Gasteiger charge is -2.27. The first-order valence-corrected chi connectivity index (χ1v) is 12.3. The summed E-state index contributed by atoms with van der Waals surface area (Å²) < 4.78 is 0.873. The summed E-state index contributed by atoms with van der Waals surface area (Å²) in [6.07, 6.45) is 0. The van der Waals surface area contributed by atoms with Gasteiger partial charge in [0.05, 0.1) is 11.6 Å². The number of nitrogens with zero attached hydrogens (tertiary/aromatic N) is 2. The van der Waals surface area contributed by atoms with Crippen molar-refractivity contribution in [1.82, 2.24) is 0 Å². The number of aromatic hydroxyl groups is 1. The Hall–Kier alpha value is -3.58. The second-order valence-electron chi connectivity index (χ2n) is 8.41. The molecule has 1 atom stereocenters. The number of carbonyl (C=O) groups is 2. The lowest BCUT2D eigenvalue weighted by Crippen LogP contribution is -2.29. The summed E-state index contributed by atoms with van der Waals surface area (Å²) >= 11 is 3.45. The summed E-state index contributed by atoms with van der Waals surface area (Å²) in [5, 5.41) is 21.1. The van der Waals surface area contributed by atoms with Crippen molar-refractivity contribution in [2.75, 3.05) is 22.9 Å². The number of Topliss-reactive ketones (excluding diaryl/α,β-unsaturated/α-hetero) is 1. The van der Waals surface area contributed by atoms with Crippen molar-refractivity contribution in [3.63, 3.8) is 0 Å². The van der Waals surface area contributed by atoms with Crippen molar-refractivity contribution in [2.24, 2.45) is 0 Å². The van der Waals surface area contributed by atoms with E-state index in [1.807, 2.05) is 31.2 Å². The Morgan fingerprint density at radius 1 is 0.971 bits per heavy atom. The van der Waals surface area contributed by atoms with Crippen LogP contribution in [0.25, 0.3) is 5.76 Å². The molecule has 2 N–H and O–H groups in total. The Balaban J connectivity index is 1.88. The predicted molar refractivity (Wildman–Crippen MR) is 142 cm³/mol. The van der Waals surface area contributed by atoms with Crippen LogP contribution in [0.3, 0.4) is 0 Å². The van der Waals surface area contributed by atoms with E-state index in [1.54, 1.807) is 30.3 Å². The summed E-state index contributed by atoms with van der Waals surface area (Å²) in [4.78, 5) is 30.2. The van der Waals surface area contributed by atoms with E-state index < -0.39 is 17.7 Å². The van der Waals surface area contributed by atoms with Crippen LogP contribution in [0.2, 0.25) is 0 Å². The first kappa shape index (κ1) is 24.5. The van der Waals surface area contributed by atoms with Crippen molar-refractivity contribution < 1.29 is 19.8 Å². The monoisotopic (exact) mass is 534 g/mol. The molecule has 1 saturated heterocycles. The molecule has 0 bridgehead atoms. The Morgan fingerprint density at radius 3 is 2.17 bits per heavy atom. The van der Waals surface area contributed by atoms with Gasteiger partial charge in [0.1, 0.15) is 11.5 Å². The van der Waals surface area contributed by atoms with Gasteiger partial charge in [-0.1, -0.05) is 34.1 Å². The van der Waals surface area contributed by atoms with Gasteiger partial charge in [-0.2, -0.15) is 0 Å². The molecule has 0 aliphatic carbocycles. The molecule has 0 spiro atoms. The molecule has 0 aromatic heterocycles. The number of phenols is 1. The summed E-state index contributed by atoms with van der Waals surface area (Å²) in [5.74, 6) is -1.64. The van der Waals surface area contributed by atoms with Crippen LogP contribution in [-0.4, -0.2) is 35.0 Å². The predicted octanol–water partition coefficient (Wildman–Crippen LogP) is 5.94. The van der Waals surface area contributed by atoms with Crippen molar-refractivity contribution in [3.05, 3.63) is 93.5 Å². The fraction of sp³-hybridized carbons (Fsp3) is 0.214. The normalized spacial score (nSPS) is 17.1. The molecule has 3 aromatic rings. The zero-order valence-electron chi connectivity index (χ0n) is 19.8. The number of carbonyl (C=O) groups excluding carboxylic acids is 2. The number of ketones is 1. The minimum Gasteiger partial charge on any atom is -0.508 e. The maximum atomic E-state index is 13.3. The van der Waals surface area contributed by atoms with E-state index in [4.69, 9.17) is 0 Å². The van der Waals surface area contributed by atoms with Gasteiger partial charge in [0.2, 0.25) is 0 Å². The van der Waals surface area contributed by atoms with Gasteiger partial charge < -0.3 is 15.1 Å². The second-order valence-corrected chi connectivity index (χ2v) is 9.27. The van der Waals surface area contributed by atoms with Crippen molar-refractivity contribution >= 4 is 44.8 Å². The minimum absolute atomic E-state index is 0.00947. The van der Waals surface area contributed by atoms with E-state index >= 15 is 0 Å². The van der Waals surface area contributed by atoms with Gasteiger partial charge in [0, 0.05) is 34.5 Å². The molecular formula is C28H27BrN2O4. The lowest BCUT2D eigenvalue weighted by atomic mass is 9.94. The molecule has 0 saturated carbocycles. The molecule has 1 fully saturated rings. The van der Waals surface area contributed by atoms with Gasteiger partial charge >= 0.3 is 0 Å². The number of phenolic OH excluding ortho intramolecular Hbond substituents is 1. The third-order valence-electron chi connectivity index (χ3n) is 6.34. The van der Waals surface area contributed by atoms with E-state index in [2.05, 4.69) is 34.7 Å². The zero-order valence-corrected chi connectivity index (χ0v) is 21.4. The third-order valence-corrected chi connectivity index (χ3v) is 7.23. The first-order valence-electron chi connectivity index (χ1n) is 11.5. The summed E-state index contributed by atoms with van der Waals surface area (Å²) in [6, 6.07) is 18.2. The Kier molecular flexibility index (Phi) is 6.98. The number of aliphatic hydroxyl groups excluding tert-OH is 1. The summed E-state index contributed by atoms with van der Waals surface area (Å²) in [6.45, 7) is 7.73. The fourth-order valence-electron chi connectivity index (χ4n) is 4.43. The molecule has 1 heterocycles. The SMILES string of the molecule is CCN(CC)c1ccc(N2C(=O)C(=O)/C(=C(\O)c3ccc(Br)c(C)c3)C2c2ccc(O)cc2)cc1. The number of hydrogen-bond donors (Lipinski definition) is 2. The van der Waals surface area contributed by atoms with E-state index in [0.29, 0.717) is 16.8 Å². The third kappa shape index (κ3) is 4.56. The average molecular weight is 535 g/mol. The fourth-order valence-corrected chi connectivity index (χ4v) is 4.68. The lowest BCUT2D eigenvalue weighted by molar-refractivity contribution is -0.132. The van der Waals surface area contributed by atoms with Crippen molar-refractivity contribution in [1.29, 1.82) is 0 Å². The highest BCUT2D eigenvalue weighted by atomic mass is 79.9. The molecular weight excluding hydrogens is 508 g/mol. The Morgan fingerprint density at radius 2 is 1.60 bits per heavy atom. The number of amides is 1. The van der Waals surface area contributed by atoms with Gasteiger partial charge in [-0.3, -0.25) is 14.5 Å². The standard InChI is InChI=1S/C28H27BrN2O4/c1-4-30(5-2)20-9-11-21(12-10-20)31-25(18-6-13-22(32)14-7-18)24(27(34)28(31)35)26(33)19-8-15-23(29)17(3)16-19/h6-16,25,32-33H,4-5H2,1-3H3/b26-24-. The number of anilines is 2. The maximum Gasteiger partial charge on any atom is 0.300 e. The molecule has 1 unspecified atom stereocenters. The molecule has 35 heavy (non-hydrogen) atoms. The van der Waals surface area contributed by atoms with Crippen LogP contribution in [0.5, 0.6) is 5.75 Å². The summed E-state index contributed by atoms with van der Waals surface area (Å²) in [7, 11) is 0. The van der Waals surface area contributed by atoms with Gasteiger partial charge in [-0.05, 0) is 80.4 Å². The molecule has 0 radical (unpaired) electrons. The number of benzene rings is 3. The highest BCUT2D eigenvalue weighted by Gasteiger charge is 2.47. The minimum atomic E-state index is -0.848. The van der Waals surface area contributed by atoms with Crippen molar-refractivity contribution in [3.8, 4) is 5.75 Å². The van der Waals surface area contributed by atoms with Crippen LogP contribution in [0.4, 0.5) is 11.4 Å². The van der Waals surface area contributed by atoms with Crippen LogP contribution >= 0.6 is 15.9 Å². The van der Waals surface area contributed by atoms with Crippen LogP contribution in [-0.2, 0) is 9.59 Å². The molecule has 1 aliphatic rings. The number of aryl methyl sites for hydroxylation is 1. The van der Waals surface area contributed by atoms with E-state index in [0.717, 1.165) is 28.8 Å². The average Bonchev–Trinajstić information content (AvgIpc) is 3.12. The number of rotatable bonds is 6. The number of halogens is 1. The smallest absolute Gasteiger partial charge is 0.300 e. The topological polar surface area (TPSA) is 81.1 Å². The van der Waals surface area contributed by atoms with E-state index in [1.165, 1.54) is 17.0 Å². The zero-order chi connectivity index (χ0) is 25.3. The largest absolute Gasteiger partial charge is 0.508 e. The second kappa shape index (κ2) is 9.96. The van der Waals surface area contributed by atoms with Crippen LogP contribution in [0.1, 0.15) is 36.6 Å². The molecule has 6 nitrogen and oxygen atoms in total. The van der Waals surface area contributed by atoms with E-state index in [9.17, 15) is 19.8 Å². The summed E-state index contributed by atoms with van der Waals surface area (Å²) in [5.41, 5.74) is 3.51.